The lowest BCUT2D eigenvalue weighted by molar-refractivity contribution is 0.174. The molecule has 1 fully saturated rings. The molecule has 0 spiro atoms. The Bertz CT molecular complexity index is 1170. The number of halogens is 3. The highest BCUT2D eigenvalue weighted by Gasteiger charge is 2.46. The zero-order valence-corrected chi connectivity index (χ0v) is 21.4. The molecule has 1 saturated heterocycles. The lowest BCUT2D eigenvalue weighted by Gasteiger charge is -2.47. The molecule has 1 unspecified atom stereocenters. The van der Waals surface area contributed by atoms with Gasteiger partial charge in [0.05, 0.1) is 12.8 Å². The van der Waals surface area contributed by atoms with Crippen molar-refractivity contribution in [3.8, 4) is 17.2 Å². The van der Waals surface area contributed by atoms with Crippen molar-refractivity contribution in [1.29, 1.82) is 0 Å². The van der Waals surface area contributed by atoms with Crippen LogP contribution in [-0.2, 0) is 6.42 Å². The van der Waals surface area contributed by atoms with Crippen LogP contribution >= 0.6 is 34.8 Å². The molecule has 9 heteroatoms. The number of benzene rings is 2. The molecular formula is C25H26Cl3N3O3. The SMILES string of the molecule is COc1ccc2c(c1N1CCN(C)CC1)C(C(Cl)(Cl)Cl)N1CCc3cc4c(cc3C1=C2)OCO4. The summed E-state index contributed by atoms with van der Waals surface area (Å²) in [5.74, 6) is 2.36. The van der Waals surface area contributed by atoms with E-state index in [0.717, 1.165) is 84.5 Å². The summed E-state index contributed by atoms with van der Waals surface area (Å²) in [5.41, 5.74) is 6.43. The average molecular weight is 523 g/mol. The Kier molecular flexibility index (Phi) is 5.49. The summed E-state index contributed by atoms with van der Waals surface area (Å²) in [4.78, 5) is 6.93. The lowest BCUT2D eigenvalue weighted by Crippen LogP contribution is -2.47. The van der Waals surface area contributed by atoms with Gasteiger partial charge in [-0.25, -0.2) is 0 Å². The molecule has 4 heterocycles. The molecule has 4 aliphatic heterocycles. The maximum absolute atomic E-state index is 6.76. The van der Waals surface area contributed by atoms with Gasteiger partial charge in [-0.15, -0.1) is 0 Å². The second-order valence-corrected chi connectivity index (χ2v) is 11.6. The van der Waals surface area contributed by atoms with Gasteiger partial charge in [-0.2, -0.15) is 0 Å². The summed E-state index contributed by atoms with van der Waals surface area (Å²) < 4.78 is 15.6. The van der Waals surface area contributed by atoms with E-state index in [0.29, 0.717) is 0 Å². The van der Waals surface area contributed by atoms with E-state index in [4.69, 9.17) is 49.0 Å². The fourth-order valence-corrected chi connectivity index (χ4v) is 6.24. The Balaban J connectivity index is 1.55. The van der Waals surface area contributed by atoms with Crippen LogP contribution in [0.3, 0.4) is 0 Å². The molecule has 180 valence electrons. The summed E-state index contributed by atoms with van der Waals surface area (Å²) in [6, 6.07) is 7.78. The van der Waals surface area contributed by atoms with Crippen LogP contribution in [0.1, 0.15) is 28.3 Å². The molecule has 0 amide bonds. The van der Waals surface area contributed by atoms with Crippen LogP contribution in [0.25, 0.3) is 11.8 Å². The Labute approximate surface area is 214 Å². The van der Waals surface area contributed by atoms with Crippen molar-refractivity contribution >= 4 is 52.3 Å². The van der Waals surface area contributed by atoms with Crippen LogP contribution in [0.5, 0.6) is 17.2 Å². The summed E-state index contributed by atoms with van der Waals surface area (Å²) in [7, 11) is 3.85. The van der Waals surface area contributed by atoms with E-state index in [2.05, 4.69) is 46.0 Å². The third-order valence-electron chi connectivity index (χ3n) is 7.25. The summed E-state index contributed by atoms with van der Waals surface area (Å²) in [6.45, 7) is 4.69. The maximum atomic E-state index is 6.76. The van der Waals surface area contributed by atoms with E-state index >= 15 is 0 Å². The van der Waals surface area contributed by atoms with Crippen LogP contribution in [0.2, 0.25) is 0 Å². The minimum Gasteiger partial charge on any atom is -0.495 e. The van der Waals surface area contributed by atoms with Gasteiger partial charge in [-0.05, 0) is 48.9 Å². The van der Waals surface area contributed by atoms with Gasteiger partial charge in [0.25, 0.3) is 0 Å². The molecule has 0 aliphatic carbocycles. The second kappa shape index (κ2) is 8.30. The quantitative estimate of drug-likeness (QED) is 0.519. The zero-order valence-electron chi connectivity index (χ0n) is 19.1. The fourth-order valence-electron chi connectivity index (χ4n) is 5.56. The second-order valence-electron chi connectivity index (χ2n) is 9.19. The standard InChI is InChI=1S/C25H26Cl3N3O3/c1-29-7-9-30(10-8-29)23-19(32-2)4-3-16-11-18-17-13-21-20(33-14-34-21)12-15(17)5-6-31(18)24(22(16)23)25(26,27)28/h3-4,11-13,24H,5-10,14H2,1-2H3. The average Bonchev–Trinajstić information content (AvgIpc) is 3.28. The smallest absolute Gasteiger partial charge is 0.231 e. The number of ether oxygens (including phenoxy) is 3. The molecule has 1 atom stereocenters. The first kappa shape index (κ1) is 22.5. The molecule has 6 rings (SSSR count). The van der Waals surface area contributed by atoms with Gasteiger partial charge < -0.3 is 28.9 Å². The predicted octanol–water partition coefficient (Wildman–Crippen LogP) is 4.96. The van der Waals surface area contributed by atoms with Gasteiger partial charge >= 0.3 is 0 Å². The highest BCUT2D eigenvalue weighted by molar-refractivity contribution is 6.68. The number of hydrogen-bond donors (Lipinski definition) is 0. The summed E-state index contributed by atoms with van der Waals surface area (Å²) >= 11 is 20.3. The number of piperazine rings is 1. The number of likely N-dealkylation sites (N-methyl/N-ethyl adjacent to an activating group) is 1. The summed E-state index contributed by atoms with van der Waals surface area (Å²) in [5, 5.41) is 0. The van der Waals surface area contributed by atoms with Crippen molar-refractivity contribution in [2.24, 2.45) is 0 Å². The van der Waals surface area contributed by atoms with Crippen LogP contribution < -0.4 is 19.1 Å². The van der Waals surface area contributed by atoms with Crippen molar-refractivity contribution in [1.82, 2.24) is 9.80 Å². The minimum atomic E-state index is -1.55. The highest BCUT2D eigenvalue weighted by atomic mass is 35.6. The van der Waals surface area contributed by atoms with Crippen molar-refractivity contribution in [3.63, 3.8) is 0 Å². The molecule has 34 heavy (non-hydrogen) atoms. The third kappa shape index (κ3) is 3.58. The van der Waals surface area contributed by atoms with E-state index in [-0.39, 0.29) is 6.79 Å². The van der Waals surface area contributed by atoms with Gasteiger partial charge in [0.1, 0.15) is 11.8 Å². The van der Waals surface area contributed by atoms with E-state index < -0.39 is 9.83 Å². The Morgan fingerprint density at radius 1 is 1.00 bits per heavy atom. The maximum Gasteiger partial charge on any atom is 0.231 e. The largest absolute Gasteiger partial charge is 0.495 e. The predicted molar refractivity (Wildman–Crippen MR) is 137 cm³/mol. The van der Waals surface area contributed by atoms with Crippen molar-refractivity contribution in [2.45, 2.75) is 16.3 Å². The zero-order chi connectivity index (χ0) is 23.6. The van der Waals surface area contributed by atoms with Gasteiger partial charge in [0.15, 0.2) is 11.5 Å². The molecule has 0 saturated carbocycles. The molecule has 4 aliphatic rings. The first-order valence-electron chi connectivity index (χ1n) is 11.5. The first-order valence-corrected chi connectivity index (χ1v) is 12.6. The van der Waals surface area contributed by atoms with E-state index in [9.17, 15) is 0 Å². The van der Waals surface area contributed by atoms with Crippen molar-refractivity contribution in [3.05, 3.63) is 46.5 Å². The molecule has 0 aromatic heterocycles. The number of nitrogens with zero attached hydrogens (tertiary/aromatic N) is 3. The van der Waals surface area contributed by atoms with Gasteiger partial charge in [-0.1, -0.05) is 40.9 Å². The monoisotopic (exact) mass is 521 g/mol. The molecule has 2 aromatic carbocycles. The molecular weight excluding hydrogens is 497 g/mol. The molecule has 0 radical (unpaired) electrons. The molecule has 0 bridgehead atoms. The third-order valence-corrected chi connectivity index (χ3v) is 7.87. The van der Waals surface area contributed by atoms with Gasteiger partial charge in [-0.3, -0.25) is 0 Å². The number of rotatable bonds is 2. The highest BCUT2D eigenvalue weighted by Crippen LogP contribution is 2.56. The number of anilines is 1. The Morgan fingerprint density at radius 2 is 1.74 bits per heavy atom. The van der Waals surface area contributed by atoms with Crippen LogP contribution in [-0.4, -0.2) is 67.3 Å². The van der Waals surface area contributed by atoms with Gasteiger partial charge in [0, 0.05) is 49.5 Å². The van der Waals surface area contributed by atoms with Gasteiger partial charge in [0.2, 0.25) is 10.6 Å². The Hall–Kier alpha value is -1.99. The van der Waals surface area contributed by atoms with E-state index in [1.54, 1.807) is 7.11 Å². The molecule has 0 N–H and O–H groups in total. The van der Waals surface area contributed by atoms with Crippen molar-refractivity contribution in [2.75, 3.05) is 58.6 Å². The number of alkyl halides is 3. The first-order chi connectivity index (χ1) is 16.3. The minimum absolute atomic E-state index is 0.245. The normalized spacial score (nSPS) is 21.6. The van der Waals surface area contributed by atoms with Crippen LogP contribution in [0.15, 0.2) is 24.3 Å². The lowest BCUT2D eigenvalue weighted by atomic mass is 9.85. The Morgan fingerprint density at radius 3 is 2.44 bits per heavy atom. The van der Waals surface area contributed by atoms with Crippen LogP contribution in [0, 0.1) is 0 Å². The number of fused-ring (bicyclic) bond motifs is 5. The molecule has 6 nitrogen and oxygen atoms in total. The number of hydrogen-bond acceptors (Lipinski definition) is 6. The molecule has 2 aromatic rings. The van der Waals surface area contributed by atoms with E-state index in [1.807, 2.05) is 6.07 Å². The topological polar surface area (TPSA) is 37.4 Å². The summed E-state index contributed by atoms with van der Waals surface area (Å²) in [6.07, 6.45) is 3.03. The van der Waals surface area contributed by atoms with E-state index in [1.165, 1.54) is 5.56 Å². The number of methoxy groups -OCH3 is 1. The van der Waals surface area contributed by atoms with Crippen molar-refractivity contribution < 1.29 is 14.2 Å². The fraction of sp³-hybridized carbons (Fsp3) is 0.440. The van der Waals surface area contributed by atoms with Crippen LogP contribution in [0.4, 0.5) is 5.69 Å².